The lowest BCUT2D eigenvalue weighted by molar-refractivity contribution is 0.222. The number of hydrogen-bond donors (Lipinski definition) is 3. The quantitative estimate of drug-likeness (QED) is 0.617. The molecule has 3 heteroatoms. The molecule has 1 fully saturated rings. The Morgan fingerprint density at radius 3 is 2.71 bits per heavy atom. The number of nitrogens with one attached hydrogen (secondary N) is 2. The molecule has 1 heterocycles. The Hall–Kier alpha value is -0.120. The highest BCUT2D eigenvalue weighted by Gasteiger charge is 2.22. The topological polar surface area (TPSA) is 44.3 Å². The summed E-state index contributed by atoms with van der Waals surface area (Å²) in [5.74, 6) is 0. The standard InChI is InChI=1S/C11H24N2O/c1-9(2)13-11(6-8-14)10-5-3-4-7-12-10/h9-14H,3-8H2,1-2H3/t10-,11-/m0/s1. The fourth-order valence-electron chi connectivity index (χ4n) is 2.19. The molecule has 0 saturated carbocycles. The zero-order valence-corrected chi connectivity index (χ0v) is 9.42. The molecular weight excluding hydrogens is 176 g/mol. The largest absolute Gasteiger partial charge is 0.396 e. The van der Waals surface area contributed by atoms with Crippen molar-refractivity contribution in [3.8, 4) is 0 Å². The van der Waals surface area contributed by atoms with Crippen molar-refractivity contribution in [2.24, 2.45) is 0 Å². The Bertz CT molecular complexity index is 144. The van der Waals surface area contributed by atoms with E-state index in [1.807, 2.05) is 0 Å². The van der Waals surface area contributed by atoms with E-state index in [1.165, 1.54) is 19.3 Å². The van der Waals surface area contributed by atoms with Gasteiger partial charge in [0.25, 0.3) is 0 Å². The van der Waals surface area contributed by atoms with Crippen molar-refractivity contribution in [2.45, 2.75) is 57.7 Å². The number of piperidine rings is 1. The molecule has 0 unspecified atom stereocenters. The molecule has 3 N–H and O–H groups in total. The molecular formula is C11H24N2O. The van der Waals surface area contributed by atoms with Crippen molar-refractivity contribution in [1.29, 1.82) is 0 Å². The first-order valence-electron chi connectivity index (χ1n) is 5.84. The van der Waals surface area contributed by atoms with Gasteiger partial charge in [-0.3, -0.25) is 0 Å². The van der Waals surface area contributed by atoms with Crippen LogP contribution in [-0.2, 0) is 0 Å². The smallest absolute Gasteiger partial charge is 0.0446 e. The fourth-order valence-corrected chi connectivity index (χ4v) is 2.19. The molecule has 1 aliphatic heterocycles. The van der Waals surface area contributed by atoms with E-state index in [0.29, 0.717) is 18.1 Å². The van der Waals surface area contributed by atoms with Crippen molar-refractivity contribution in [1.82, 2.24) is 10.6 Å². The summed E-state index contributed by atoms with van der Waals surface area (Å²) in [5, 5.41) is 16.1. The van der Waals surface area contributed by atoms with Crippen molar-refractivity contribution >= 4 is 0 Å². The number of hydrogen-bond acceptors (Lipinski definition) is 3. The lowest BCUT2D eigenvalue weighted by atomic mass is 9.95. The predicted molar refractivity (Wildman–Crippen MR) is 59.4 cm³/mol. The van der Waals surface area contributed by atoms with E-state index in [9.17, 15) is 0 Å². The summed E-state index contributed by atoms with van der Waals surface area (Å²) >= 11 is 0. The Labute approximate surface area is 87.3 Å². The molecule has 0 aliphatic carbocycles. The van der Waals surface area contributed by atoms with Gasteiger partial charge in [0.1, 0.15) is 0 Å². The Balaban J connectivity index is 2.38. The predicted octanol–water partition coefficient (Wildman–Crippen LogP) is 0.877. The van der Waals surface area contributed by atoms with Crippen molar-refractivity contribution < 1.29 is 5.11 Å². The third-order valence-corrected chi connectivity index (χ3v) is 2.82. The minimum atomic E-state index is 0.280. The van der Waals surface area contributed by atoms with Crippen LogP contribution in [0.15, 0.2) is 0 Å². The minimum Gasteiger partial charge on any atom is -0.396 e. The lowest BCUT2D eigenvalue weighted by Gasteiger charge is -2.33. The molecule has 0 amide bonds. The molecule has 1 aliphatic rings. The number of rotatable bonds is 5. The van der Waals surface area contributed by atoms with Gasteiger partial charge in [-0.2, -0.15) is 0 Å². The van der Waals surface area contributed by atoms with Gasteiger partial charge in [-0.15, -0.1) is 0 Å². The Morgan fingerprint density at radius 2 is 2.21 bits per heavy atom. The highest BCUT2D eigenvalue weighted by molar-refractivity contribution is 4.85. The monoisotopic (exact) mass is 200 g/mol. The maximum Gasteiger partial charge on any atom is 0.0446 e. The summed E-state index contributed by atoms with van der Waals surface area (Å²) in [4.78, 5) is 0. The lowest BCUT2D eigenvalue weighted by Crippen LogP contribution is -2.52. The molecule has 0 bridgehead atoms. The van der Waals surface area contributed by atoms with Crippen LogP contribution in [0.2, 0.25) is 0 Å². The van der Waals surface area contributed by atoms with Gasteiger partial charge in [-0.25, -0.2) is 0 Å². The van der Waals surface area contributed by atoms with E-state index in [-0.39, 0.29) is 6.61 Å². The zero-order chi connectivity index (χ0) is 10.4. The average molecular weight is 200 g/mol. The van der Waals surface area contributed by atoms with Gasteiger partial charge >= 0.3 is 0 Å². The van der Waals surface area contributed by atoms with E-state index in [0.717, 1.165) is 13.0 Å². The van der Waals surface area contributed by atoms with Crippen LogP contribution >= 0.6 is 0 Å². The van der Waals surface area contributed by atoms with Crippen molar-refractivity contribution in [3.05, 3.63) is 0 Å². The zero-order valence-electron chi connectivity index (χ0n) is 9.42. The van der Waals surface area contributed by atoms with Gasteiger partial charge in [-0.1, -0.05) is 20.3 Å². The van der Waals surface area contributed by atoms with Gasteiger partial charge in [0.05, 0.1) is 0 Å². The normalized spacial score (nSPS) is 25.3. The van der Waals surface area contributed by atoms with Crippen molar-refractivity contribution in [2.75, 3.05) is 13.2 Å². The average Bonchev–Trinajstić information content (AvgIpc) is 2.18. The molecule has 1 saturated heterocycles. The van der Waals surface area contributed by atoms with Crippen LogP contribution in [0, 0.1) is 0 Å². The third kappa shape index (κ3) is 3.95. The number of aliphatic hydroxyl groups excluding tert-OH is 1. The first kappa shape index (κ1) is 12.0. The van der Waals surface area contributed by atoms with E-state index in [1.54, 1.807) is 0 Å². The highest BCUT2D eigenvalue weighted by atomic mass is 16.3. The fraction of sp³-hybridized carbons (Fsp3) is 1.00. The van der Waals surface area contributed by atoms with Gasteiger partial charge in [-0.05, 0) is 25.8 Å². The molecule has 1 rings (SSSR count). The Morgan fingerprint density at radius 1 is 1.43 bits per heavy atom. The maximum atomic E-state index is 9.01. The van der Waals surface area contributed by atoms with Crippen LogP contribution in [0.1, 0.15) is 39.5 Å². The molecule has 0 aromatic heterocycles. The second-order valence-electron chi connectivity index (χ2n) is 4.50. The highest BCUT2D eigenvalue weighted by Crippen LogP contribution is 2.13. The van der Waals surface area contributed by atoms with Gasteiger partial charge in [0, 0.05) is 24.7 Å². The number of aliphatic hydroxyl groups is 1. The molecule has 3 nitrogen and oxygen atoms in total. The maximum absolute atomic E-state index is 9.01. The van der Waals surface area contributed by atoms with E-state index < -0.39 is 0 Å². The van der Waals surface area contributed by atoms with E-state index >= 15 is 0 Å². The van der Waals surface area contributed by atoms with Crippen molar-refractivity contribution in [3.63, 3.8) is 0 Å². The minimum absolute atomic E-state index is 0.280. The van der Waals surface area contributed by atoms with Gasteiger partial charge < -0.3 is 15.7 Å². The van der Waals surface area contributed by atoms with Crippen LogP contribution < -0.4 is 10.6 Å². The summed E-state index contributed by atoms with van der Waals surface area (Å²) < 4.78 is 0. The summed E-state index contributed by atoms with van der Waals surface area (Å²) in [6.07, 6.45) is 4.71. The summed E-state index contributed by atoms with van der Waals surface area (Å²) in [6.45, 7) is 5.73. The van der Waals surface area contributed by atoms with E-state index in [4.69, 9.17) is 5.11 Å². The summed E-state index contributed by atoms with van der Waals surface area (Å²) in [7, 11) is 0. The van der Waals surface area contributed by atoms with Gasteiger partial charge in [0.2, 0.25) is 0 Å². The van der Waals surface area contributed by atoms with Crippen LogP contribution in [0.25, 0.3) is 0 Å². The second kappa shape index (κ2) is 6.38. The van der Waals surface area contributed by atoms with Crippen LogP contribution in [0.5, 0.6) is 0 Å². The molecule has 2 atom stereocenters. The van der Waals surface area contributed by atoms with Crippen LogP contribution in [0.4, 0.5) is 0 Å². The molecule has 0 spiro atoms. The molecule has 0 radical (unpaired) electrons. The van der Waals surface area contributed by atoms with Gasteiger partial charge in [0.15, 0.2) is 0 Å². The van der Waals surface area contributed by atoms with Crippen LogP contribution in [0.3, 0.4) is 0 Å². The Kier molecular flexibility index (Phi) is 5.45. The SMILES string of the molecule is CC(C)N[C@@H](CCO)[C@@H]1CCCCN1. The third-order valence-electron chi connectivity index (χ3n) is 2.82. The summed E-state index contributed by atoms with van der Waals surface area (Å²) in [5.41, 5.74) is 0. The molecule has 0 aromatic rings. The summed E-state index contributed by atoms with van der Waals surface area (Å²) in [6, 6.07) is 1.48. The molecule has 84 valence electrons. The molecule has 14 heavy (non-hydrogen) atoms. The molecule has 0 aromatic carbocycles. The van der Waals surface area contributed by atoms with Crippen LogP contribution in [-0.4, -0.2) is 36.4 Å². The first-order valence-corrected chi connectivity index (χ1v) is 5.84. The van der Waals surface area contributed by atoms with E-state index in [2.05, 4.69) is 24.5 Å². The first-order chi connectivity index (χ1) is 6.74. The second-order valence-corrected chi connectivity index (χ2v) is 4.50.